The second-order valence-corrected chi connectivity index (χ2v) is 7.99. The lowest BCUT2D eigenvalue weighted by Crippen LogP contribution is -2.59. The number of rotatable bonds is 7. The maximum Gasteiger partial charge on any atom is 0.316 e. The zero-order valence-corrected chi connectivity index (χ0v) is 15.6. The normalized spacial score (nSPS) is 32.4. The second-order valence-electron chi connectivity index (χ2n) is 7.99. The number of quaternary nitrogens is 1. The Kier molecular flexibility index (Phi) is 5.80. The molecule has 1 aromatic carbocycles. The van der Waals surface area contributed by atoms with Crippen LogP contribution in [0.25, 0.3) is 0 Å². The van der Waals surface area contributed by atoms with E-state index in [9.17, 15) is 9.90 Å². The molecular weight excluding hydrogens is 314 g/mol. The van der Waals surface area contributed by atoms with Crippen molar-refractivity contribution in [2.75, 3.05) is 20.2 Å². The third kappa shape index (κ3) is 3.75. The minimum Gasteiger partial charge on any atom is -0.461 e. The summed E-state index contributed by atoms with van der Waals surface area (Å²) in [5.74, 6) is -0.843. The Bertz CT molecular complexity index is 560. The van der Waals surface area contributed by atoms with Gasteiger partial charge in [-0.15, -0.1) is 0 Å². The number of carbonyl (C=O) groups is 1. The summed E-state index contributed by atoms with van der Waals surface area (Å²) >= 11 is 0. The van der Waals surface area contributed by atoms with Gasteiger partial charge in [-0.3, -0.25) is 4.79 Å². The van der Waals surface area contributed by atoms with Crippen molar-refractivity contribution in [2.45, 2.75) is 69.6 Å². The first-order valence-electron chi connectivity index (χ1n) is 9.79. The second kappa shape index (κ2) is 7.88. The van der Waals surface area contributed by atoms with Crippen molar-refractivity contribution in [3.8, 4) is 0 Å². The van der Waals surface area contributed by atoms with Crippen LogP contribution in [0.4, 0.5) is 0 Å². The molecule has 2 fully saturated rings. The van der Waals surface area contributed by atoms with Gasteiger partial charge < -0.3 is 14.3 Å². The van der Waals surface area contributed by atoms with Crippen LogP contribution in [0, 0.1) is 0 Å². The van der Waals surface area contributed by atoms with Crippen LogP contribution < -0.4 is 0 Å². The SMILES string of the molecule is CCCC[N+]1(C)[C@@H]2CC[C@@H]1CC(OC(=O)C(CO)c1ccccc1)C2. The van der Waals surface area contributed by atoms with E-state index in [2.05, 4.69) is 14.0 Å². The molecule has 25 heavy (non-hydrogen) atoms. The summed E-state index contributed by atoms with van der Waals surface area (Å²) in [4.78, 5) is 12.6. The van der Waals surface area contributed by atoms with Gasteiger partial charge >= 0.3 is 5.97 Å². The Balaban J connectivity index is 1.62. The fourth-order valence-electron chi connectivity index (χ4n) is 4.90. The molecule has 1 N–H and O–H groups in total. The number of esters is 1. The number of hydrogen-bond donors (Lipinski definition) is 1. The first-order chi connectivity index (χ1) is 12.1. The van der Waals surface area contributed by atoms with E-state index in [1.54, 1.807) is 0 Å². The zero-order chi connectivity index (χ0) is 17.9. The molecule has 0 saturated carbocycles. The highest BCUT2D eigenvalue weighted by Crippen LogP contribution is 2.42. The Morgan fingerprint density at radius 3 is 2.44 bits per heavy atom. The lowest BCUT2D eigenvalue weighted by atomic mass is 9.95. The number of hydrogen-bond acceptors (Lipinski definition) is 3. The van der Waals surface area contributed by atoms with Crippen LogP contribution in [-0.2, 0) is 9.53 Å². The highest BCUT2D eigenvalue weighted by Gasteiger charge is 2.52. The molecule has 2 heterocycles. The first kappa shape index (κ1) is 18.4. The van der Waals surface area contributed by atoms with E-state index in [-0.39, 0.29) is 18.7 Å². The maximum atomic E-state index is 12.6. The number of carbonyl (C=O) groups excluding carboxylic acids is 1. The van der Waals surface area contributed by atoms with E-state index < -0.39 is 5.92 Å². The van der Waals surface area contributed by atoms with Gasteiger partial charge in [-0.1, -0.05) is 43.7 Å². The van der Waals surface area contributed by atoms with E-state index in [0.29, 0.717) is 12.1 Å². The Morgan fingerprint density at radius 2 is 1.88 bits per heavy atom. The van der Waals surface area contributed by atoms with Crippen LogP contribution >= 0.6 is 0 Å². The summed E-state index contributed by atoms with van der Waals surface area (Å²) in [6.45, 7) is 3.30. The third-order valence-corrected chi connectivity index (χ3v) is 6.52. The smallest absolute Gasteiger partial charge is 0.316 e. The predicted molar refractivity (Wildman–Crippen MR) is 98.2 cm³/mol. The van der Waals surface area contributed by atoms with Crippen molar-refractivity contribution < 1.29 is 19.1 Å². The number of unbranched alkanes of at least 4 members (excludes halogenated alkanes) is 1. The van der Waals surface area contributed by atoms with Gasteiger partial charge in [-0.25, -0.2) is 0 Å². The molecule has 1 aromatic rings. The van der Waals surface area contributed by atoms with Gasteiger partial charge in [0.1, 0.15) is 12.0 Å². The Labute approximate surface area is 151 Å². The largest absolute Gasteiger partial charge is 0.461 e. The lowest BCUT2D eigenvalue weighted by molar-refractivity contribution is -0.949. The fraction of sp³-hybridized carbons (Fsp3) is 0.667. The lowest BCUT2D eigenvalue weighted by Gasteiger charge is -2.47. The molecule has 4 heteroatoms. The first-order valence-corrected chi connectivity index (χ1v) is 9.79. The van der Waals surface area contributed by atoms with Gasteiger partial charge in [0.05, 0.1) is 32.3 Å². The highest BCUT2D eigenvalue weighted by molar-refractivity contribution is 5.78. The van der Waals surface area contributed by atoms with E-state index in [1.807, 2.05) is 30.3 Å². The quantitative estimate of drug-likeness (QED) is 0.609. The van der Waals surface area contributed by atoms with E-state index in [0.717, 1.165) is 18.4 Å². The summed E-state index contributed by atoms with van der Waals surface area (Å²) in [5, 5.41) is 9.67. The molecule has 138 valence electrons. The summed E-state index contributed by atoms with van der Waals surface area (Å²) < 4.78 is 7.04. The molecule has 2 saturated heterocycles. The molecule has 3 rings (SSSR count). The predicted octanol–water partition coefficient (Wildman–Crippen LogP) is 3.25. The number of fused-ring (bicyclic) bond motifs is 2. The molecule has 0 radical (unpaired) electrons. The van der Waals surface area contributed by atoms with Crippen molar-refractivity contribution in [1.29, 1.82) is 0 Å². The van der Waals surface area contributed by atoms with Gasteiger partial charge in [0.15, 0.2) is 0 Å². The molecular formula is C21H32NO3+. The van der Waals surface area contributed by atoms with E-state index >= 15 is 0 Å². The van der Waals surface area contributed by atoms with Gasteiger partial charge in [0, 0.05) is 25.7 Å². The highest BCUT2D eigenvalue weighted by atomic mass is 16.5. The van der Waals surface area contributed by atoms with Gasteiger partial charge in [-0.2, -0.15) is 0 Å². The average Bonchev–Trinajstić information content (AvgIpc) is 2.79. The van der Waals surface area contributed by atoms with Gasteiger partial charge in [0.2, 0.25) is 0 Å². The van der Waals surface area contributed by atoms with Gasteiger partial charge in [0.25, 0.3) is 0 Å². The Hall–Kier alpha value is -1.39. The van der Waals surface area contributed by atoms with Crippen molar-refractivity contribution in [1.82, 2.24) is 0 Å². The van der Waals surface area contributed by atoms with E-state index in [1.165, 1.54) is 36.7 Å². The Morgan fingerprint density at radius 1 is 1.24 bits per heavy atom. The van der Waals surface area contributed by atoms with Crippen LogP contribution in [0.5, 0.6) is 0 Å². The minimum atomic E-state index is -0.568. The van der Waals surface area contributed by atoms with E-state index in [4.69, 9.17) is 4.74 Å². The number of nitrogens with zero attached hydrogens (tertiary/aromatic N) is 1. The molecule has 0 aliphatic carbocycles. The number of aliphatic hydroxyl groups excluding tert-OH is 1. The fourth-order valence-corrected chi connectivity index (χ4v) is 4.90. The number of benzene rings is 1. The average molecular weight is 346 g/mol. The van der Waals surface area contributed by atoms with Gasteiger partial charge in [-0.05, 0) is 12.0 Å². The molecule has 2 bridgehead atoms. The van der Waals surface area contributed by atoms with Crippen molar-refractivity contribution in [2.24, 2.45) is 0 Å². The number of piperidine rings is 1. The monoisotopic (exact) mass is 346 g/mol. The minimum absolute atomic E-state index is 0.00980. The molecule has 1 unspecified atom stereocenters. The van der Waals surface area contributed by atoms with Crippen molar-refractivity contribution in [3.05, 3.63) is 35.9 Å². The van der Waals surface area contributed by atoms with Crippen LogP contribution in [-0.4, -0.2) is 53.9 Å². The molecule has 4 nitrogen and oxygen atoms in total. The third-order valence-electron chi connectivity index (χ3n) is 6.52. The van der Waals surface area contributed by atoms with Crippen LogP contribution in [0.1, 0.15) is 56.9 Å². The molecule has 0 spiro atoms. The summed E-state index contributed by atoms with van der Waals surface area (Å²) in [6.07, 6.45) is 6.96. The summed E-state index contributed by atoms with van der Waals surface area (Å²) in [7, 11) is 2.40. The number of aliphatic hydroxyl groups is 1. The molecule has 3 atom stereocenters. The molecule has 2 aliphatic heterocycles. The van der Waals surface area contributed by atoms with Crippen molar-refractivity contribution >= 4 is 5.97 Å². The number of ether oxygens (including phenoxy) is 1. The van der Waals surface area contributed by atoms with Crippen molar-refractivity contribution in [3.63, 3.8) is 0 Å². The topological polar surface area (TPSA) is 46.5 Å². The van der Waals surface area contributed by atoms with Crippen LogP contribution in [0.3, 0.4) is 0 Å². The molecule has 0 amide bonds. The molecule has 0 aromatic heterocycles. The van der Waals surface area contributed by atoms with Crippen LogP contribution in [0.2, 0.25) is 0 Å². The van der Waals surface area contributed by atoms with Crippen LogP contribution in [0.15, 0.2) is 30.3 Å². The zero-order valence-electron chi connectivity index (χ0n) is 15.6. The maximum absolute atomic E-state index is 12.6. The molecule has 2 aliphatic rings. The standard InChI is InChI=1S/C21H32NO3/c1-3-4-12-22(2)17-10-11-18(22)14-19(13-17)25-21(24)20(15-23)16-8-6-5-7-9-16/h5-9,17-20,23H,3-4,10-15H2,1-2H3/q+1/t17-,18-,19?,20?,22?/m1/s1. The summed E-state index contributed by atoms with van der Waals surface area (Å²) in [5.41, 5.74) is 0.831. The summed E-state index contributed by atoms with van der Waals surface area (Å²) in [6, 6.07) is 10.7.